The van der Waals surface area contributed by atoms with Gasteiger partial charge < -0.3 is 10.4 Å². The molecule has 0 fully saturated rings. The van der Waals surface area contributed by atoms with E-state index >= 15 is 0 Å². The highest BCUT2D eigenvalue weighted by molar-refractivity contribution is 5.90. The van der Waals surface area contributed by atoms with E-state index in [1.165, 1.54) is 11.1 Å². The van der Waals surface area contributed by atoms with Crippen LogP contribution in [-0.4, -0.2) is 35.5 Å². The smallest absolute Gasteiger partial charge is 0.261 e. The predicted molar refractivity (Wildman–Crippen MR) is 123 cm³/mol. The van der Waals surface area contributed by atoms with Gasteiger partial charge in [-0.05, 0) is 23.1 Å². The molecule has 4 rings (SSSR count). The fourth-order valence-electron chi connectivity index (χ4n) is 4.01. The van der Waals surface area contributed by atoms with Crippen LogP contribution in [0.3, 0.4) is 0 Å². The molecule has 0 aliphatic carbocycles. The molecule has 1 amide bonds. The number of nitrogens with one attached hydrogen (secondary N) is 1. The number of nitrogens with zero attached hydrogens (tertiary/aromatic N) is 1. The third-order valence-corrected chi connectivity index (χ3v) is 5.82. The van der Waals surface area contributed by atoms with Gasteiger partial charge in [0.15, 0.2) is 5.60 Å². The molecular formula is C27H28N2O2. The van der Waals surface area contributed by atoms with E-state index in [9.17, 15) is 9.90 Å². The largest absolute Gasteiger partial charge is 0.372 e. The van der Waals surface area contributed by atoms with Crippen LogP contribution in [-0.2, 0) is 16.9 Å². The van der Waals surface area contributed by atoms with Gasteiger partial charge in [-0.1, -0.05) is 103 Å². The quantitative estimate of drug-likeness (QED) is 0.579. The highest BCUT2D eigenvalue weighted by atomic mass is 16.3. The lowest BCUT2D eigenvalue weighted by atomic mass is 9.85. The summed E-state index contributed by atoms with van der Waals surface area (Å²) in [4.78, 5) is 15.6. The lowest BCUT2D eigenvalue weighted by molar-refractivity contribution is -0.136. The molecular weight excluding hydrogens is 384 g/mol. The van der Waals surface area contributed by atoms with Crippen molar-refractivity contribution in [3.8, 4) is 0 Å². The van der Waals surface area contributed by atoms with E-state index in [1.54, 1.807) is 24.3 Å². The lowest BCUT2D eigenvalue weighted by Gasteiger charge is -2.30. The molecule has 2 N–H and O–H groups in total. The van der Waals surface area contributed by atoms with Crippen molar-refractivity contribution in [2.75, 3.05) is 19.6 Å². The fourth-order valence-corrected chi connectivity index (χ4v) is 4.01. The van der Waals surface area contributed by atoms with Crippen LogP contribution in [0, 0.1) is 0 Å². The van der Waals surface area contributed by atoms with Gasteiger partial charge in [-0.15, -0.1) is 0 Å². The molecule has 4 nitrogen and oxygen atoms in total. The van der Waals surface area contributed by atoms with Gasteiger partial charge in [0.25, 0.3) is 5.91 Å². The molecule has 0 saturated carbocycles. The maximum Gasteiger partial charge on any atom is 0.261 e. The predicted octanol–water partition coefficient (Wildman–Crippen LogP) is 3.87. The average molecular weight is 413 g/mol. The number of hydrogen-bond acceptors (Lipinski definition) is 3. The summed E-state index contributed by atoms with van der Waals surface area (Å²) in [7, 11) is 0. The van der Waals surface area contributed by atoms with Crippen molar-refractivity contribution in [1.29, 1.82) is 0 Å². The maximum atomic E-state index is 13.2. The minimum absolute atomic E-state index is 0.405. The SMILES string of the molecule is O=C(NCC1=CCN(Cc2ccccc2)CC1)C(O)(c1ccccc1)c1ccccc1. The summed E-state index contributed by atoms with van der Waals surface area (Å²) in [5.74, 6) is -0.405. The van der Waals surface area contributed by atoms with Crippen LogP contribution in [0.4, 0.5) is 0 Å². The normalized spacial score (nSPS) is 14.7. The molecule has 0 saturated heterocycles. The van der Waals surface area contributed by atoms with Gasteiger partial charge >= 0.3 is 0 Å². The molecule has 1 aliphatic rings. The highest BCUT2D eigenvalue weighted by Crippen LogP contribution is 2.30. The van der Waals surface area contributed by atoms with Gasteiger partial charge in [0.05, 0.1) is 0 Å². The standard InChI is InChI=1S/C27H28N2O2/c30-26(27(31,24-12-6-2-7-13-24)25-14-8-3-9-15-25)28-20-22-16-18-29(19-17-22)21-23-10-4-1-5-11-23/h1-16,31H,17-21H2,(H,28,30). The Labute approximate surface area is 183 Å². The fraction of sp³-hybridized carbons (Fsp3) is 0.222. The first-order chi connectivity index (χ1) is 15.2. The summed E-state index contributed by atoms with van der Waals surface area (Å²) in [6.45, 7) is 3.19. The number of aliphatic hydroxyl groups is 1. The van der Waals surface area contributed by atoms with Crippen molar-refractivity contribution < 1.29 is 9.90 Å². The summed E-state index contributed by atoms with van der Waals surface area (Å²) in [6.07, 6.45) is 3.10. The monoisotopic (exact) mass is 412 g/mol. The Bertz CT molecular complexity index is 977. The molecule has 0 atom stereocenters. The van der Waals surface area contributed by atoms with Crippen LogP contribution in [0.5, 0.6) is 0 Å². The summed E-state index contributed by atoms with van der Waals surface area (Å²) in [6, 6.07) is 28.7. The summed E-state index contributed by atoms with van der Waals surface area (Å²) in [5, 5.41) is 14.5. The Morgan fingerprint density at radius 2 is 1.42 bits per heavy atom. The van der Waals surface area contributed by atoms with Crippen molar-refractivity contribution >= 4 is 5.91 Å². The number of rotatable bonds is 7. The van der Waals surface area contributed by atoms with Crippen molar-refractivity contribution in [1.82, 2.24) is 10.2 Å². The van der Waals surface area contributed by atoms with E-state index in [4.69, 9.17) is 0 Å². The lowest BCUT2D eigenvalue weighted by Crippen LogP contribution is -2.46. The van der Waals surface area contributed by atoms with Crippen LogP contribution >= 0.6 is 0 Å². The molecule has 3 aromatic rings. The van der Waals surface area contributed by atoms with E-state index in [1.807, 2.05) is 42.5 Å². The van der Waals surface area contributed by atoms with Gasteiger partial charge in [0.1, 0.15) is 0 Å². The average Bonchev–Trinajstić information content (AvgIpc) is 2.84. The van der Waals surface area contributed by atoms with Gasteiger partial charge in [0.2, 0.25) is 0 Å². The first-order valence-corrected chi connectivity index (χ1v) is 10.7. The van der Waals surface area contributed by atoms with Crippen molar-refractivity contribution in [2.24, 2.45) is 0 Å². The third-order valence-electron chi connectivity index (χ3n) is 5.82. The zero-order chi connectivity index (χ0) is 21.5. The molecule has 0 spiro atoms. The second-order valence-corrected chi connectivity index (χ2v) is 7.96. The molecule has 0 unspecified atom stereocenters. The Morgan fingerprint density at radius 1 is 0.871 bits per heavy atom. The van der Waals surface area contributed by atoms with Crippen LogP contribution in [0.15, 0.2) is 103 Å². The third kappa shape index (κ3) is 4.93. The minimum atomic E-state index is -1.73. The van der Waals surface area contributed by atoms with Crippen LogP contribution in [0.25, 0.3) is 0 Å². The number of carbonyl (C=O) groups is 1. The van der Waals surface area contributed by atoms with Crippen LogP contribution in [0.2, 0.25) is 0 Å². The van der Waals surface area contributed by atoms with E-state index in [2.05, 4.69) is 40.6 Å². The minimum Gasteiger partial charge on any atom is -0.372 e. The highest BCUT2D eigenvalue weighted by Gasteiger charge is 2.39. The molecule has 1 aliphatic heterocycles. The maximum absolute atomic E-state index is 13.2. The molecule has 0 radical (unpaired) electrons. The zero-order valence-corrected chi connectivity index (χ0v) is 17.6. The van der Waals surface area contributed by atoms with Gasteiger partial charge in [-0.25, -0.2) is 0 Å². The Balaban J connectivity index is 1.42. The van der Waals surface area contributed by atoms with Crippen molar-refractivity contribution in [2.45, 2.75) is 18.6 Å². The first-order valence-electron chi connectivity index (χ1n) is 10.7. The second kappa shape index (κ2) is 9.73. The molecule has 0 aromatic heterocycles. The Morgan fingerprint density at radius 3 is 1.94 bits per heavy atom. The zero-order valence-electron chi connectivity index (χ0n) is 17.6. The summed E-state index contributed by atoms with van der Waals surface area (Å²) < 4.78 is 0. The Kier molecular flexibility index (Phi) is 6.60. The topological polar surface area (TPSA) is 52.6 Å². The molecule has 4 heteroatoms. The number of benzene rings is 3. The molecule has 31 heavy (non-hydrogen) atoms. The Hall–Kier alpha value is -3.21. The van der Waals surface area contributed by atoms with E-state index in [0.717, 1.165) is 26.1 Å². The van der Waals surface area contributed by atoms with Gasteiger partial charge in [-0.2, -0.15) is 0 Å². The molecule has 0 bridgehead atoms. The van der Waals surface area contributed by atoms with Crippen LogP contribution in [0.1, 0.15) is 23.1 Å². The van der Waals surface area contributed by atoms with Crippen LogP contribution < -0.4 is 5.32 Å². The van der Waals surface area contributed by atoms with Gasteiger partial charge in [-0.3, -0.25) is 9.69 Å². The summed E-state index contributed by atoms with van der Waals surface area (Å²) >= 11 is 0. The van der Waals surface area contributed by atoms with Gasteiger partial charge in [0, 0.05) is 26.2 Å². The van der Waals surface area contributed by atoms with E-state index in [-0.39, 0.29) is 0 Å². The molecule has 3 aromatic carbocycles. The number of carbonyl (C=O) groups excluding carboxylic acids is 1. The number of amides is 1. The van der Waals surface area contributed by atoms with E-state index < -0.39 is 11.5 Å². The second-order valence-electron chi connectivity index (χ2n) is 7.96. The van der Waals surface area contributed by atoms with Crippen molar-refractivity contribution in [3.05, 3.63) is 119 Å². The van der Waals surface area contributed by atoms with E-state index in [0.29, 0.717) is 17.7 Å². The molecule has 158 valence electrons. The summed E-state index contributed by atoms with van der Waals surface area (Å²) in [5.41, 5.74) is 1.90. The first kappa shape index (κ1) is 21.0. The van der Waals surface area contributed by atoms with Crippen molar-refractivity contribution in [3.63, 3.8) is 0 Å². The number of hydrogen-bond donors (Lipinski definition) is 2. The molecule has 1 heterocycles.